The molecule has 118 valence electrons. The molecule has 0 atom stereocenters. The van der Waals surface area contributed by atoms with E-state index in [9.17, 15) is 4.79 Å². The van der Waals surface area contributed by atoms with Gasteiger partial charge in [-0.3, -0.25) is 4.79 Å². The molecule has 0 unspecified atom stereocenters. The van der Waals surface area contributed by atoms with Gasteiger partial charge in [-0.05, 0) is 42.9 Å². The highest BCUT2D eigenvalue weighted by Gasteiger charge is 2.25. The Kier molecular flexibility index (Phi) is 3.89. The molecule has 0 aliphatic carbocycles. The maximum absolute atomic E-state index is 12.3. The Bertz CT molecular complexity index is 841. The molecule has 4 nitrogen and oxygen atoms in total. The fraction of sp³-hybridized carbons (Fsp3) is 0.278. The van der Waals surface area contributed by atoms with E-state index in [1.807, 2.05) is 23.6 Å². The molecule has 0 amide bonds. The smallest absolute Gasteiger partial charge is 0.288 e. The summed E-state index contributed by atoms with van der Waals surface area (Å²) < 4.78 is 5.54. The molecule has 2 N–H and O–H groups in total. The van der Waals surface area contributed by atoms with Crippen molar-refractivity contribution < 1.29 is 4.52 Å². The van der Waals surface area contributed by atoms with Crippen molar-refractivity contribution in [1.29, 1.82) is 0 Å². The van der Waals surface area contributed by atoms with Crippen LogP contribution in [0.4, 0.5) is 0 Å². The van der Waals surface area contributed by atoms with E-state index in [-0.39, 0.29) is 5.56 Å². The number of aromatic amines is 1. The zero-order chi connectivity index (χ0) is 15.6. The van der Waals surface area contributed by atoms with Crippen LogP contribution in [0.15, 0.2) is 51.1 Å². The van der Waals surface area contributed by atoms with Crippen LogP contribution in [0.3, 0.4) is 0 Å². The molecule has 5 heteroatoms. The monoisotopic (exact) mass is 326 g/mol. The summed E-state index contributed by atoms with van der Waals surface area (Å²) in [6.07, 6.45) is 2.01. The lowest BCUT2D eigenvalue weighted by atomic mass is 9.91. The van der Waals surface area contributed by atoms with E-state index >= 15 is 0 Å². The van der Waals surface area contributed by atoms with Crippen molar-refractivity contribution >= 4 is 11.3 Å². The molecule has 0 saturated carbocycles. The van der Waals surface area contributed by atoms with Gasteiger partial charge in [-0.1, -0.05) is 30.3 Å². The van der Waals surface area contributed by atoms with Crippen LogP contribution in [0, 0.1) is 0 Å². The summed E-state index contributed by atoms with van der Waals surface area (Å²) >= 11 is 1.66. The maximum Gasteiger partial charge on any atom is 0.288 e. The van der Waals surface area contributed by atoms with Gasteiger partial charge in [-0.2, -0.15) is 5.16 Å². The first kappa shape index (κ1) is 14.5. The SMILES string of the molecule is O=c1[nH]oc(C2CCNCC2)c1-c1csc(-c2ccccc2)c1. The van der Waals surface area contributed by atoms with Gasteiger partial charge in [0.15, 0.2) is 0 Å². The molecular formula is C18H18N2O2S. The quantitative estimate of drug-likeness (QED) is 0.769. The summed E-state index contributed by atoms with van der Waals surface area (Å²) in [5.41, 5.74) is 2.70. The molecule has 1 aliphatic heterocycles. The van der Waals surface area contributed by atoms with Gasteiger partial charge in [0, 0.05) is 16.4 Å². The van der Waals surface area contributed by atoms with E-state index in [0.29, 0.717) is 11.5 Å². The number of rotatable bonds is 3. The summed E-state index contributed by atoms with van der Waals surface area (Å²) in [6, 6.07) is 12.3. The topological polar surface area (TPSA) is 58.0 Å². The number of piperidine rings is 1. The fourth-order valence-electron chi connectivity index (χ4n) is 3.18. The molecule has 3 aromatic rings. The summed E-state index contributed by atoms with van der Waals surface area (Å²) in [5.74, 6) is 1.12. The van der Waals surface area contributed by atoms with Crippen LogP contribution in [0.1, 0.15) is 24.5 Å². The molecule has 0 bridgehead atoms. The predicted octanol–water partition coefficient (Wildman–Crippen LogP) is 3.83. The minimum atomic E-state index is -0.129. The van der Waals surface area contributed by atoms with Gasteiger partial charge < -0.3 is 9.84 Å². The first-order chi connectivity index (χ1) is 11.3. The summed E-state index contributed by atoms with van der Waals surface area (Å²) in [7, 11) is 0. The Balaban J connectivity index is 1.72. The average Bonchev–Trinajstić information content (AvgIpc) is 3.23. The highest BCUT2D eigenvalue weighted by atomic mass is 32.1. The van der Waals surface area contributed by atoms with E-state index in [0.717, 1.165) is 42.1 Å². The zero-order valence-electron chi connectivity index (χ0n) is 12.7. The van der Waals surface area contributed by atoms with Crippen molar-refractivity contribution in [3.63, 3.8) is 0 Å². The second kappa shape index (κ2) is 6.18. The third-order valence-electron chi connectivity index (χ3n) is 4.38. The molecular weight excluding hydrogens is 308 g/mol. The van der Waals surface area contributed by atoms with E-state index in [4.69, 9.17) is 4.52 Å². The molecule has 1 aliphatic rings. The van der Waals surface area contributed by atoms with Crippen molar-refractivity contribution in [2.24, 2.45) is 0 Å². The Hall–Kier alpha value is -2.11. The standard InChI is InChI=1S/C18H18N2O2S/c21-18-16(17(22-20-18)13-6-8-19-9-7-13)14-10-15(23-11-14)12-4-2-1-3-5-12/h1-5,10-11,13,19H,6-9H2,(H,20,21). The van der Waals surface area contributed by atoms with Crippen molar-refractivity contribution in [3.05, 3.63) is 57.9 Å². The Morgan fingerprint density at radius 1 is 1.09 bits per heavy atom. The number of H-pyrrole nitrogens is 1. The van der Waals surface area contributed by atoms with Crippen molar-refractivity contribution in [1.82, 2.24) is 10.5 Å². The summed E-state index contributed by atoms with van der Waals surface area (Å²) in [5, 5.41) is 7.93. The lowest BCUT2D eigenvalue weighted by molar-refractivity contribution is 0.326. The largest absolute Gasteiger partial charge is 0.383 e. The van der Waals surface area contributed by atoms with Crippen LogP contribution in [0.5, 0.6) is 0 Å². The molecule has 1 fully saturated rings. The van der Waals surface area contributed by atoms with E-state index < -0.39 is 0 Å². The average molecular weight is 326 g/mol. The number of thiophene rings is 1. The van der Waals surface area contributed by atoms with Crippen LogP contribution < -0.4 is 10.9 Å². The first-order valence-corrected chi connectivity index (χ1v) is 8.77. The molecule has 1 aromatic carbocycles. The first-order valence-electron chi connectivity index (χ1n) is 7.89. The molecule has 1 saturated heterocycles. The normalized spacial score (nSPS) is 15.8. The second-order valence-corrected chi connectivity index (χ2v) is 6.77. The van der Waals surface area contributed by atoms with Crippen LogP contribution in [-0.4, -0.2) is 18.2 Å². The zero-order valence-corrected chi connectivity index (χ0v) is 13.5. The van der Waals surface area contributed by atoms with Gasteiger partial charge in [-0.25, -0.2) is 0 Å². The van der Waals surface area contributed by atoms with Crippen molar-refractivity contribution in [3.8, 4) is 21.6 Å². The van der Waals surface area contributed by atoms with Crippen molar-refractivity contribution in [2.75, 3.05) is 13.1 Å². The van der Waals surface area contributed by atoms with Crippen LogP contribution in [0.2, 0.25) is 0 Å². The number of nitrogens with one attached hydrogen (secondary N) is 2. The number of hydrogen-bond donors (Lipinski definition) is 2. The molecule has 0 radical (unpaired) electrons. The summed E-state index contributed by atoms with van der Waals surface area (Å²) in [6.45, 7) is 1.94. The summed E-state index contributed by atoms with van der Waals surface area (Å²) in [4.78, 5) is 13.4. The Labute approximate surface area is 138 Å². The van der Waals surface area contributed by atoms with Gasteiger partial charge in [0.2, 0.25) is 0 Å². The predicted molar refractivity (Wildman–Crippen MR) is 92.9 cm³/mol. The lowest BCUT2D eigenvalue weighted by Crippen LogP contribution is -2.26. The van der Waals surface area contributed by atoms with Gasteiger partial charge in [-0.15, -0.1) is 11.3 Å². The van der Waals surface area contributed by atoms with E-state index in [2.05, 4.69) is 28.7 Å². The van der Waals surface area contributed by atoms with E-state index in [1.54, 1.807) is 11.3 Å². The van der Waals surface area contributed by atoms with Gasteiger partial charge in [0.25, 0.3) is 5.56 Å². The fourth-order valence-corrected chi connectivity index (χ4v) is 4.09. The lowest BCUT2D eigenvalue weighted by Gasteiger charge is -2.20. The molecule has 3 heterocycles. The Morgan fingerprint density at radius 2 is 1.87 bits per heavy atom. The second-order valence-electron chi connectivity index (χ2n) is 5.86. The Morgan fingerprint density at radius 3 is 2.65 bits per heavy atom. The number of aromatic nitrogens is 1. The third kappa shape index (κ3) is 2.78. The van der Waals surface area contributed by atoms with Crippen LogP contribution >= 0.6 is 11.3 Å². The third-order valence-corrected chi connectivity index (χ3v) is 5.36. The molecule has 2 aromatic heterocycles. The van der Waals surface area contributed by atoms with E-state index in [1.165, 1.54) is 5.56 Å². The van der Waals surface area contributed by atoms with Gasteiger partial charge in [0.05, 0.1) is 5.56 Å². The van der Waals surface area contributed by atoms with Crippen molar-refractivity contribution in [2.45, 2.75) is 18.8 Å². The number of hydrogen-bond acceptors (Lipinski definition) is 4. The molecule has 4 rings (SSSR count). The highest BCUT2D eigenvalue weighted by molar-refractivity contribution is 7.14. The minimum absolute atomic E-state index is 0.129. The molecule has 23 heavy (non-hydrogen) atoms. The van der Waals surface area contributed by atoms with Crippen LogP contribution in [-0.2, 0) is 0 Å². The van der Waals surface area contributed by atoms with Gasteiger partial charge in [0.1, 0.15) is 5.76 Å². The molecule has 0 spiro atoms. The number of benzene rings is 1. The van der Waals surface area contributed by atoms with Crippen LogP contribution in [0.25, 0.3) is 21.6 Å². The maximum atomic E-state index is 12.3. The highest BCUT2D eigenvalue weighted by Crippen LogP contribution is 2.36. The van der Waals surface area contributed by atoms with Gasteiger partial charge >= 0.3 is 0 Å². The minimum Gasteiger partial charge on any atom is -0.383 e.